The number of aromatic nitrogens is 4. The van der Waals surface area contributed by atoms with Gasteiger partial charge in [0, 0.05) is 6.20 Å². The van der Waals surface area contributed by atoms with Crippen LogP contribution in [0.4, 0.5) is 0 Å². The number of allylic oxidation sites excluding steroid dienone is 1. The smallest absolute Gasteiger partial charge is 0.269 e. The van der Waals surface area contributed by atoms with Crippen molar-refractivity contribution in [2.45, 2.75) is 0 Å². The fourth-order valence-electron chi connectivity index (χ4n) is 3.26. The van der Waals surface area contributed by atoms with Gasteiger partial charge in [-0.1, -0.05) is 36.4 Å². The molecule has 0 bridgehead atoms. The number of H-pyrrole nitrogens is 1. The van der Waals surface area contributed by atoms with E-state index in [4.69, 9.17) is 4.74 Å². The van der Waals surface area contributed by atoms with Gasteiger partial charge in [-0.3, -0.25) is 9.20 Å². The van der Waals surface area contributed by atoms with Crippen molar-refractivity contribution in [2.24, 2.45) is 0 Å². The normalized spacial score (nSPS) is 11.5. The topological polar surface area (TPSA) is 96.1 Å². The molecule has 31 heavy (non-hydrogen) atoms. The third kappa shape index (κ3) is 3.43. The van der Waals surface area contributed by atoms with Crippen molar-refractivity contribution < 1.29 is 4.74 Å². The number of para-hydroxylation sites is 3. The second kappa shape index (κ2) is 7.61. The largest absolute Gasteiger partial charge is 0.438 e. The van der Waals surface area contributed by atoms with Crippen molar-refractivity contribution in [2.75, 3.05) is 0 Å². The molecule has 3 aromatic heterocycles. The van der Waals surface area contributed by atoms with E-state index in [2.05, 4.69) is 21.0 Å². The molecule has 0 aliphatic rings. The maximum atomic E-state index is 13.3. The minimum atomic E-state index is -0.347. The molecule has 0 unspecified atom stereocenters. The third-order valence-corrected chi connectivity index (χ3v) is 4.75. The first-order chi connectivity index (χ1) is 15.2. The van der Waals surface area contributed by atoms with Gasteiger partial charge in [-0.25, -0.2) is 4.98 Å². The highest BCUT2D eigenvalue weighted by Gasteiger charge is 2.16. The summed E-state index contributed by atoms with van der Waals surface area (Å²) in [5.41, 5.74) is 1.98. The molecule has 2 aromatic carbocycles. The lowest BCUT2D eigenvalue weighted by Gasteiger charge is -2.10. The first-order valence-electron chi connectivity index (χ1n) is 9.54. The summed E-state index contributed by atoms with van der Waals surface area (Å²) in [6.07, 6.45) is 3.09. The standard InChI is InChI=1S/C24H15N5O2/c25-15-16(22-26-19-10-4-5-11-20(19)27-22)14-18-23(31-17-8-2-1-3-9-17)28-21-12-6-7-13-29(21)24(18)30/h1-14H,(H,26,27). The highest BCUT2D eigenvalue weighted by Crippen LogP contribution is 2.26. The summed E-state index contributed by atoms with van der Waals surface area (Å²) >= 11 is 0. The summed E-state index contributed by atoms with van der Waals surface area (Å²) in [6, 6.07) is 23.9. The van der Waals surface area contributed by atoms with Crippen LogP contribution >= 0.6 is 0 Å². The number of hydrogen-bond acceptors (Lipinski definition) is 5. The molecule has 0 fully saturated rings. The van der Waals surface area contributed by atoms with Gasteiger partial charge in [0.2, 0.25) is 5.88 Å². The number of fused-ring (bicyclic) bond motifs is 2. The molecule has 7 nitrogen and oxygen atoms in total. The molecule has 3 heterocycles. The summed E-state index contributed by atoms with van der Waals surface area (Å²) in [4.78, 5) is 25.4. The molecule has 0 amide bonds. The van der Waals surface area contributed by atoms with Crippen LogP contribution in [0.2, 0.25) is 0 Å². The van der Waals surface area contributed by atoms with Gasteiger partial charge in [-0.05, 0) is 42.5 Å². The number of hydrogen-bond donors (Lipinski definition) is 1. The van der Waals surface area contributed by atoms with E-state index < -0.39 is 0 Å². The highest BCUT2D eigenvalue weighted by atomic mass is 16.5. The molecule has 7 heteroatoms. The number of nitriles is 1. The predicted octanol–water partition coefficient (Wildman–Crippen LogP) is 4.43. The number of ether oxygens (including phenoxy) is 1. The Balaban J connectivity index is 1.71. The zero-order chi connectivity index (χ0) is 21.2. The number of aromatic amines is 1. The minimum Gasteiger partial charge on any atom is -0.438 e. The van der Waals surface area contributed by atoms with Gasteiger partial charge < -0.3 is 9.72 Å². The van der Waals surface area contributed by atoms with Crippen molar-refractivity contribution in [3.63, 3.8) is 0 Å². The highest BCUT2D eigenvalue weighted by molar-refractivity contribution is 5.91. The summed E-state index contributed by atoms with van der Waals surface area (Å²) in [5.74, 6) is 1.02. The van der Waals surface area contributed by atoms with Crippen LogP contribution in [0.25, 0.3) is 28.3 Å². The Bertz CT molecular complexity index is 1510. The number of benzene rings is 2. The number of rotatable bonds is 4. The molecule has 5 rings (SSSR count). The fraction of sp³-hybridized carbons (Fsp3) is 0. The molecule has 0 radical (unpaired) electrons. The van der Waals surface area contributed by atoms with Crippen molar-refractivity contribution >= 4 is 28.3 Å². The Labute approximate surface area is 176 Å². The number of pyridine rings is 1. The number of nitrogens with zero attached hydrogens (tertiary/aromatic N) is 4. The summed E-state index contributed by atoms with van der Waals surface area (Å²) < 4.78 is 7.34. The first kappa shape index (κ1) is 18.3. The number of imidazole rings is 1. The zero-order valence-corrected chi connectivity index (χ0v) is 16.2. The average molecular weight is 405 g/mol. The zero-order valence-electron chi connectivity index (χ0n) is 16.2. The van der Waals surface area contributed by atoms with Crippen LogP contribution in [0.5, 0.6) is 11.6 Å². The molecule has 0 saturated carbocycles. The maximum absolute atomic E-state index is 13.3. The number of nitrogens with one attached hydrogen (secondary N) is 1. The van der Waals surface area contributed by atoms with Crippen molar-refractivity contribution in [3.8, 4) is 17.7 Å². The molecule has 0 spiro atoms. The van der Waals surface area contributed by atoms with Crippen LogP contribution in [0.1, 0.15) is 11.4 Å². The van der Waals surface area contributed by atoms with Gasteiger partial charge in [0.1, 0.15) is 28.9 Å². The summed E-state index contributed by atoms with van der Waals surface area (Å²) in [7, 11) is 0. The van der Waals surface area contributed by atoms with Gasteiger partial charge >= 0.3 is 0 Å². The van der Waals surface area contributed by atoms with E-state index in [0.29, 0.717) is 17.2 Å². The van der Waals surface area contributed by atoms with Crippen molar-refractivity contribution in [1.82, 2.24) is 19.4 Å². The van der Waals surface area contributed by atoms with Gasteiger partial charge in [-0.15, -0.1) is 0 Å². The SMILES string of the molecule is N#CC(=Cc1c(Oc2ccccc2)nc2ccccn2c1=O)c1nc2ccccc2[nH]1. The molecule has 1 N–H and O–H groups in total. The molecule has 0 aliphatic carbocycles. The Morgan fingerprint density at radius 2 is 1.77 bits per heavy atom. The van der Waals surface area contributed by atoms with E-state index in [-0.39, 0.29) is 22.6 Å². The Hall–Kier alpha value is -4.70. The Kier molecular flexibility index (Phi) is 4.50. The second-order valence-electron chi connectivity index (χ2n) is 6.75. The summed E-state index contributed by atoms with van der Waals surface area (Å²) in [6.45, 7) is 0. The van der Waals surface area contributed by atoms with Crippen LogP contribution in [-0.4, -0.2) is 19.4 Å². The molecular formula is C24H15N5O2. The lowest BCUT2D eigenvalue weighted by molar-refractivity contribution is 0.461. The van der Waals surface area contributed by atoms with Gasteiger partial charge in [0.05, 0.1) is 16.6 Å². The van der Waals surface area contributed by atoms with Crippen LogP contribution in [0, 0.1) is 11.3 Å². The average Bonchev–Trinajstić information content (AvgIpc) is 3.24. The lowest BCUT2D eigenvalue weighted by atomic mass is 10.2. The van der Waals surface area contributed by atoms with Gasteiger partial charge in [0.25, 0.3) is 5.56 Å². The Morgan fingerprint density at radius 3 is 2.58 bits per heavy atom. The minimum absolute atomic E-state index is 0.117. The maximum Gasteiger partial charge on any atom is 0.269 e. The third-order valence-electron chi connectivity index (χ3n) is 4.75. The molecule has 0 saturated heterocycles. The van der Waals surface area contributed by atoms with Crippen LogP contribution < -0.4 is 10.3 Å². The van der Waals surface area contributed by atoms with Gasteiger partial charge in [0.15, 0.2) is 0 Å². The second-order valence-corrected chi connectivity index (χ2v) is 6.75. The quantitative estimate of drug-likeness (QED) is 0.446. The van der Waals surface area contributed by atoms with Crippen LogP contribution in [-0.2, 0) is 0 Å². The van der Waals surface area contributed by atoms with E-state index in [1.807, 2.05) is 42.5 Å². The van der Waals surface area contributed by atoms with Gasteiger partial charge in [-0.2, -0.15) is 10.2 Å². The first-order valence-corrected chi connectivity index (χ1v) is 9.54. The molecular weight excluding hydrogens is 390 g/mol. The van der Waals surface area contributed by atoms with Crippen LogP contribution in [0.15, 0.2) is 83.8 Å². The van der Waals surface area contributed by atoms with Crippen molar-refractivity contribution in [1.29, 1.82) is 5.26 Å². The summed E-state index contributed by atoms with van der Waals surface area (Å²) in [5, 5.41) is 9.80. The Morgan fingerprint density at radius 1 is 1.00 bits per heavy atom. The monoisotopic (exact) mass is 405 g/mol. The predicted molar refractivity (Wildman–Crippen MR) is 118 cm³/mol. The molecule has 148 valence electrons. The van der Waals surface area contributed by atoms with E-state index in [1.165, 1.54) is 10.5 Å². The fourth-order valence-corrected chi connectivity index (χ4v) is 3.26. The van der Waals surface area contributed by atoms with Crippen molar-refractivity contribution in [3.05, 3.63) is 101 Å². The molecule has 0 aliphatic heterocycles. The van der Waals surface area contributed by atoms with E-state index in [9.17, 15) is 10.1 Å². The van der Waals surface area contributed by atoms with E-state index >= 15 is 0 Å². The lowest BCUT2D eigenvalue weighted by Crippen LogP contribution is -2.18. The van der Waals surface area contributed by atoms with E-state index in [0.717, 1.165) is 11.0 Å². The molecule has 0 atom stereocenters. The van der Waals surface area contributed by atoms with Crippen LogP contribution in [0.3, 0.4) is 0 Å². The molecule has 5 aromatic rings. The van der Waals surface area contributed by atoms with E-state index in [1.54, 1.807) is 36.5 Å².